The van der Waals surface area contributed by atoms with Gasteiger partial charge in [0.05, 0.1) is 12.8 Å². The second-order valence-corrected chi connectivity index (χ2v) is 8.82. The number of thiophene rings is 1. The topological polar surface area (TPSA) is 24.9 Å². The number of halogens is 1. The van der Waals surface area contributed by atoms with Crippen molar-refractivity contribution in [2.75, 3.05) is 44.7 Å². The van der Waals surface area contributed by atoms with Gasteiger partial charge in [0, 0.05) is 44.0 Å². The maximum Gasteiger partial charge on any atom is 0.165 e. The fourth-order valence-corrected chi connectivity index (χ4v) is 4.78. The van der Waals surface area contributed by atoms with Crippen LogP contribution in [0.3, 0.4) is 0 Å². The number of hydrogen-bond acceptors (Lipinski definition) is 5. The first kappa shape index (κ1) is 21.7. The van der Waals surface area contributed by atoms with Crippen molar-refractivity contribution in [3.05, 3.63) is 76.2 Å². The maximum absolute atomic E-state index is 14.3. The average molecular weight is 441 g/mol. The van der Waals surface area contributed by atoms with Crippen molar-refractivity contribution in [3.63, 3.8) is 0 Å². The Bertz CT molecular complexity index is 971. The van der Waals surface area contributed by atoms with Gasteiger partial charge in [0.1, 0.15) is 11.9 Å². The molecule has 1 saturated heterocycles. The lowest BCUT2D eigenvalue weighted by Crippen LogP contribution is -2.47. The number of benzene rings is 2. The lowest BCUT2D eigenvalue weighted by atomic mass is 10.1. The molecule has 1 atom stereocenters. The van der Waals surface area contributed by atoms with Crippen molar-refractivity contribution in [1.29, 1.82) is 0 Å². The van der Waals surface area contributed by atoms with Crippen LogP contribution in [0.5, 0.6) is 11.5 Å². The van der Waals surface area contributed by atoms with Gasteiger partial charge in [-0.2, -0.15) is 0 Å². The summed E-state index contributed by atoms with van der Waals surface area (Å²) in [5.74, 6) is 0.944. The van der Waals surface area contributed by atoms with E-state index in [4.69, 9.17) is 9.47 Å². The van der Waals surface area contributed by atoms with E-state index in [-0.39, 0.29) is 11.9 Å². The standard InChI is InChI=1S/C25H29FN2O2S/c1-19-9-10-20(26)24(18-19)30-23(25-8-5-17-31-25)11-12-27-13-15-28(16-14-27)21-6-3-4-7-22(21)29-2/h3-10,17-18,23H,11-16H2,1-2H3/t23-/m0/s1. The number of methoxy groups -OCH3 is 1. The maximum atomic E-state index is 14.3. The molecule has 164 valence electrons. The van der Waals surface area contributed by atoms with Gasteiger partial charge in [0.15, 0.2) is 11.6 Å². The quantitative estimate of drug-likeness (QED) is 0.459. The SMILES string of the molecule is COc1ccccc1N1CCN(CC[C@H](Oc2cc(C)ccc2F)c2cccs2)CC1. The molecule has 4 nitrogen and oxygen atoms in total. The summed E-state index contributed by atoms with van der Waals surface area (Å²) in [6.45, 7) is 6.74. The van der Waals surface area contributed by atoms with Crippen LogP contribution in [0.15, 0.2) is 60.0 Å². The number of anilines is 1. The largest absolute Gasteiger partial charge is 0.495 e. The predicted molar refractivity (Wildman–Crippen MR) is 125 cm³/mol. The molecule has 4 rings (SSSR count). The highest BCUT2D eigenvalue weighted by Gasteiger charge is 2.22. The second-order valence-electron chi connectivity index (χ2n) is 7.85. The molecule has 0 bridgehead atoms. The molecule has 0 radical (unpaired) electrons. The van der Waals surface area contributed by atoms with E-state index in [1.54, 1.807) is 30.6 Å². The van der Waals surface area contributed by atoms with Crippen LogP contribution in [-0.4, -0.2) is 44.7 Å². The molecule has 0 spiro atoms. The van der Waals surface area contributed by atoms with Crippen LogP contribution >= 0.6 is 11.3 Å². The Morgan fingerprint density at radius 2 is 1.81 bits per heavy atom. The Kier molecular flexibility index (Phi) is 7.10. The highest BCUT2D eigenvalue weighted by Crippen LogP contribution is 2.31. The van der Waals surface area contributed by atoms with Gasteiger partial charge in [0.2, 0.25) is 0 Å². The van der Waals surface area contributed by atoms with E-state index >= 15 is 0 Å². The lowest BCUT2D eigenvalue weighted by molar-refractivity contribution is 0.157. The van der Waals surface area contributed by atoms with Crippen molar-refractivity contribution < 1.29 is 13.9 Å². The van der Waals surface area contributed by atoms with Gasteiger partial charge in [-0.1, -0.05) is 24.3 Å². The summed E-state index contributed by atoms with van der Waals surface area (Å²) in [5.41, 5.74) is 2.15. The number of nitrogens with zero attached hydrogens (tertiary/aromatic N) is 2. The molecule has 1 aromatic heterocycles. The first-order valence-electron chi connectivity index (χ1n) is 10.7. The predicted octanol–water partition coefficient (Wildman–Crippen LogP) is 5.54. The van der Waals surface area contributed by atoms with E-state index in [0.717, 1.165) is 61.0 Å². The zero-order valence-electron chi connectivity index (χ0n) is 18.1. The highest BCUT2D eigenvalue weighted by atomic mass is 32.1. The molecule has 0 unspecified atom stereocenters. The Balaban J connectivity index is 1.37. The van der Waals surface area contributed by atoms with E-state index < -0.39 is 0 Å². The minimum Gasteiger partial charge on any atom is -0.495 e. The van der Waals surface area contributed by atoms with Crippen LogP contribution in [0.25, 0.3) is 0 Å². The third-order valence-corrected chi connectivity index (χ3v) is 6.69. The minimum absolute atomic E-state index is 0.149. The summed E-state index contributed by atoms with van der Waals surface area (Å²) in [5, 5.41) is 2.05. The number of rotatable bonds is 8. The first-order chi connectivity index (χ1) is 15.1. The number of piperazine rings is 1. The summed E-state index contributed by atoms with van der Waals surface area (Å²) < 4.78 is 26.0. The van der Waals surface area contributed by atoms with Gasteiger partial charge >= 0.3 is 0 Å². The second kappa shape index (κ2) is 10.2. The summed E-state index contributed by atoms with van der Waals surface area (Å²) in [7, 11) is 1.72. The Hall–Kier alpha value is -2.57. The molecule has 2 heterocycles. The van der Waals surface area contributed by atoms with Crippen molar-refractivity contribution in [3.8, 4) is 11.5 Å². The van der Waals surface area contributed by atoms with Crippen LogP contribution in [0.1, 0.15) is 23.0 Å². The molecule has 0 N–H and O–H groups in total. The monoisotopic (exact) mass is 440 g/mol. The fraction of sp³-hybridized carbons (Fsp3) is 0.360. The van der Waals surface area contributed by atoms with Crippen molar-refractivity contribution in [2.45, 2.75) is 19.4 Å². The van der Waals surface area contributed by atoms with E-state index in [0.29, 0.717) is 5.75 Å². The van der Waals surface area contributed by atoms with Crippen LogP contribution < -0.4 is 14.4 Å². The van der Waals surface area contributed by atoms with Crippen LogP contribution in [0.4, 0.5) is 10.1 Å². The third kappa shape index (κ3) is 5.38. The molecular weight excluding hydrogens is 411 g/mol. The molecule has 3 aromatic rings. The van der Waals surface area contributed by atoms with Crippen molar-refractivity contribution in [1.82, 2.24) is 4.90 Å². The van der Waals surface area contributed by atoms with Gasteiger partial charge in [-0.15, -0.1) is 11.3 Å². The molecule has 0 amide bonds. The summed E-state index contributed by atoms with van der Waals surface area (Å²) in [6, 6.07) is 17.3. The zero-order valence-corrected chi connectivity index (χ0v) is 18.9. The fourth-order valence-electron chi connectivity index (χ4n) is 3.99. The van der Waals surface area contributed by atoms with Crippen LogP contribution in [0, 0.1) is 12.7 Å². The number of hydrogen-bond donors (Lipinski definition) is 0. The Morgan fingerprint density at radius 3 is 2.55 bits per heavy atom. The molecule has 2 aromatic carbocycles. The summed E-state index contributed by atoms with van der Waals surface area (Å²) in [6.07, 6.45) is 0.672. The summed E-state index contributed by atoms with van der Waals surface area (Å²) >= 11 is 1.66. The third-order valence-electron chi connectivity index (χ3n) is 5.72. The normalized spacial score (nSPS) is 15.6. The first-order valence-corrected chi connectivity index (χ1v) is 11.6. The molecule has 1 aliphatic heterocycles. The average Bonchev–Trinajstić information content (AvgIpc) is 3.34. The lowest BCUT2D eigenvalue weighted by Gasteiger charge is -2.37. The highest BCUT2D eigenvalue weighted by molar-refractivity contribution is 7.10. The van der Waals surface area contributed by atoms with E-state index in [2.05, 4.69) is 28.0 Å². The van der Waals surface area contributed by atoms with Gasteiger partial charge in [-0.05, 0) is 48.2 Å². The van der Waals surface area contributed by atoms with Gasteiger partial charge in [-0.25, -0.2) is 4.39 Å². The van der Waals surface area contributed by atoms with E-state index in [1.807, 2.05) is 30.5 Å². The molecule has 0 saturated carbocycles. The molecular formula is C25H29FN2O2S. The van der Waals surface area contributed by atoms with Gasteiger partial charge < -0.3 is 14.4 Å². The smallest absolute Gasteiger partial charge is 0.165 e. The Labute approximate surface area is 187 Å². The van der Waals surface area contributed by atoms with Gasteiger partial charge in [0.25, 0.3) is 0 Å². The number of ether oxygens (including phenoxy) is 2. The number of aryl methyl sites for hydroxylation is 1. The van der Waals surface area contributed by atoms with Crippen molar-refractivity contribution >= 4 is 17.0 Å². The molecule has 31 heavy (non-hydrogen) atoms. The molecule has 0 aliphatic carbocycles. The zero-order chi connectivity index (χ0) is 21.6. The van der Waals surface area contributed by atoms with Crippen LogP contribution in [-0.2, 0) is 0 Å². The minimum atomic E-state index is -0.308. The molecule has 1 fully saturated rings. The Morgan fingerprint density at radius 1 is 1.00 bits per heavy atom. The van der Waals surface area contributed by atoms with Gasteiger partial charge in [-0.3, -0.25) is 4.90 Å². The van der Waals surface area contributed by atoms with Crippen LogP contribution in [0.2, 0.25) is 0 Å². The number of para-hydroxylation sites is 2. The van der Waals surface area contributed by atoms with Crippen molar-refractivity contribution in [2.24, 2.45) is 0 Å². The van der Waals surface area contributed by atoms with E-state index in [9.17, 15) is 4.39 Å². The molecule has 1 aliphatic rings. The van der Waals surface area contributed by atoms with E-state index in [1.165, 1.54) is 6.07 Å². The molecule has 6 heteroatoms. The summed E-state index contributed by atoms with van der Waals surface area (Å²) in [4.78, 5) is 5.97.